The van der Waals surface area contributed by atoms with Crippen LogP contribution in [-0.2, 0) is 0 Å². The average molecular weight is 368 g/mol. The molecule has 27 heavy (non-hydrogen) atoms. The van der Waals surface area contributed by atoms with E-state index in [0.29, 0.717) is 35.7 Å². The third-order valence-electron chi connectivity index (χ3n) is 4.13. The fourth-order valence-electron chi connectivity index (χ4n) is 2.66. The number of benzene rings is 2. The van der Waals surface area contributed by atoms with Crippen molar-refractivity contribution in [3.63, 3.8) is 0 Å². The first-order chi connectivity index (χ1) is 13.2. The van der Waals surface area contributed by atoms with Crippen molar-refractivity contribution in [3.05, 3.63) is 59.7 Å². The fourth-order valence-corrected chi connectivity index (χ4v) is 2.66. The summed E-state index contributed by atoms with van der Waals surface area (Å²) in [6.07, 6.45) is 4.48. The highest BCUT2D eigenvalue weighted by molar-refractivity contribution is 6.06. The molecule has 0 aliphatic carbocycles. The van der Waals surface area contributed by atoms with Crippen LogP contribution in [0.4, 0.5) is 5.69 Å². The lowest BCUT2D eigenvalue weighted by molar-refractivity contribution is 0.0955. The van der Waals surface area contributed by atoms with Crippen molar-refractivity contribution in [2.45, 2.75) is 39.5 Å². The molecule has 2 amide bonds. The third kappa shape index (κ3) is 6.44. The highest BCUT2D eigenvalue weighted by Gasteiger charge is 2.13. The number of hydrogen-bond acceptors (Lipinski definition) is 3. The van der Waals surface area contributed by atoms with Crippen LogP contribution >= 0.6 is 0 Å². The standard InChI is InChI=1S/C22H28N2O3/c1-3-5-6-9-16-27-20-11-8-7-10-19(20)22(26)24-18-14-12-17(13-15-18)21(25)23-4-2/h7-8,10-15H,3-6,9,16H2,1-2H3,(H,23,25)(H,24,26). The molecule has 0 bridgehead atoms. The topological polar surface area (TPSA) is 67.4 Å². The highest BCUT2D eigenvalue weighted by Crippen LogP contribution is 2.20. The number of carbonyl (C=O) groups excluding carboxylic acids is 2. The predicted octanol–water partition coefficient (Wildman–Crippen LogP) is 4.65. The second-order valence-corrected chi connectivity index (χ2v) is 6.30. The van der Waals surface area contributed by atoms with Crippen LogP contribution in [0.1, 0.15) is 60.2 Å². The molecule has 0 aromatic heterocycles. The smallest absolute Gasteiger partial charge is 0.259 e. The maximum atomic E-state index is 12.6. The summed E-state index contributed by atoms with van der Waals surface area (Å²) >= 11 is 0. The van der Waals surface area contributed by atoms with Crippen LogP contribution in [0.5, 0.6) is 5.75 Å². The first-order valence-corrected chi connectivity index (χ1v) is 9.57. The Morgan fingerprint density at radius 2 is 1.63 bits per heavy atom. The predicted molar refractivity (Wildman–Crippen MR) is 108 cm³/mol. The van der Waals surface area contributed by atoms with Gasteiger partial charge in [0.05, 0.1) is 12.2 Å². The summed E-state index contributed by atoms with van der Waals surface area (Å²) in [5.41, 5.74) is 1.69. The molecule has 0 fully saturated rings. The zero-order valence-electron chi connectivity index (χ0n) is 16.1. The van der Waals surface area contributed by atoms with E-state index < -0.39 is 0 Å². The molecule has 0 unspecified atom stereocenters. The molecule has 0 saturated carbocycles. The normalized spacial score (nSPS) is 10.3. The first-order valence-electron chi connectivity index (χ1n) is 9.57. The Balaban J connectivity index is 1.98. The van der Waals surface area contributed by atoms with Crippen LogP contribution in [-0.4, -0.2) is 25.0 Å². The van der Waals surface area contributed by atoms with E-state index in [1.54, 1.807) is 30.3 Å². The van der Waals surface area contributed by atoms with E-state index in [1.807, 2.05) is 25.1 Å². The number of rotatable bonds is 10. The monoisotopic (exact) mass is 368 g/mol. The minimum atomic E-state index is -0.232. The Labute approximate surface area is 161 Å². The molecule has 0 atom stereocenters. The number of anilines is 1. The van der Waals surface area contributed by atoms with E-state index in [9.17, 15) is 9.59 Å². The second kappa shape index (κ2) is 11.0. The molecule has 0 saturated heterocycles. The fraction of sp³-hybridized carbons (Fsp3) is 0.364. The van der Waals surface area contributed by atoms with Gasteiger partial charge in [-0.25, -0.2) is 0 Å². The number of ether oxygens (including phenoxy) is 1. The number of carbonyl (C=O) groups is 2. The molecule has 5 nitrogen and oxygen atoms in total. The van der Waals surface area contributed by atoms with E-state index in [-0.39, 0.29) is 11.8 Å². The Kier molecular flexibility index (Phi) is 8.36. The first kappa shape index (κ1) is 20.5. The quantitative estimate of drug-likeness (QED) is 0.600. The number of unbranched alkanes of at least 4 members (excludes halogenated alkanes) is 3. The molecule has 2 aromatic rings. The number of nitrogens with one attached hydrogen (secondary N) is 2. The van der Waals surface area contributed by atoms with Gasteiger partial charge in [-0.15, -0.1) is 0 Å². The summed E-state index contributed by atoms with van der Waals surface area (Å²) < 4.78 is 5.81. The van der Waals surface area contributed by atoms with E-state index in [2.05, 4.69) is 17.6 Å². The van der Waals surface area contributed by atoms with Crippen LogP contribution in [0.25, 0.3) is 0 Å². The molecular weight excluding hydrogens is 340 g/mol. The summed E-state index contributed by atoms with van der Waals surface area (Å²) in [7, 11) is 0. The van der Waals surface area contributed by atoms with Crippen LogP contribution in [0, 0.1) is 0 Å². The molecule has 0 heterocycles. The molecule has 0 aliphatic rings. The van der Waals surface area contributed by atoms with Crippen molar-refractivity contribution in [2.75, 3.05) is 18.5 Å². The molecule has 144 valence electrons. The van der Waals surface area contributed by atoms with Gasteiger partial charge in [-0.2, -0.15) is 0 Å². The van der Waals surface area contributed by atoms with Crippen LogP contribution in [0.3, 0.4) is 0 Å². The van der Waals surface area contributed by atoms with Crippen molar-refractivity contribution >= 4 is 17.5 Å². The number of para-hydroxylation sites is 1. The van der Waals surface area contributed by atoms with Crippen molar-refractivity contribution in [1.82, 2.24) is 5.32 Å². The highest BCUT2D eigenvalue weighted by atomic mass is 16.5. The Morgan fingerprint density at radius 1 is 0.889 bits per heavy atom. The minimum absolute atomic E-state index is 0.128. The van der Waals surface area contributed by atoms with Gasteiger partial charge in [0.15, 0.2) is 0 Å². The van der Waals surface area contributed by atoms with Crippen molar-refractivity contribution in [2.24, 2.45) is 0 Å². The zero-order valence-corrected chi connectivity index (χ0v) is 16.1. The van der Waals surface area contributed by atoms with Gasteiger partial charge in [0.25, 0.3) is 11.8 Å². The van der Waals surface area contributed by atoms with Crippen LogP contribution < -0.4 is 15.4 Å². The van der Waals surface area contributed by atoms with Gasteiger partial charge in [0.2, 0.25) is 0 Å². The van der Waals surface area contributed by atoms with E-state index >= 15 is 0 Å². The van der Waals surface area contributed by atoms with Crippen molar-refractivity contribution in [1.29, 1.82) is 0 Å². The lowest BCUT2D eigenvalue weighted by Crippen LogP contribution is -2.22. The Bertz CT molecular complexity index is 741. The second-order valence-electron chi connectivity index (χ2n) is 6.30. The van der Waals surface area contributed by atoms with Gasteiger partial charge in [-0.3, -0.25) is 9.59 Å². The van der Waals surface area contributed by atoms with Gasteiger partial charge < -0.3 is 15.4 Å². The molecular formula is C22H28N2O3. The molecule has 0 spiro atoms. The van der Waals surface area contributed by atoms with Gasteiger partial charge in [-0.1, -0.05) is 38.3 Å². The molecule has 5 heteroatoms. The molecule has 2 N–H and O–H groups in total. The van der Waals surface area contributed by atoms with E-state index in [1.165, 1.54) is 12.8 Å². The van der Waals surface area contributed by atoms with Gasteiger partial charge >= 0.3 is 0 Å². The van der Waals surface area contributed by atoms with Crippen LogP contribution in [0.15, 0.2) is 48.5 Å². The molecule has 0 aliphatic heterocycles. The van der Waals surface area contributed by atoms with Crippen LogP contribution in [0.2, 0.25) is 0 Å². The van der Waals surface area contributed by atoms with E-state index in [4.69, 9.17) is 4.74 Å². The lowest BCUT2D eigenvalue weighted by atomic mass is 10.1. The Hall–Kier alpha value is -2.82. The maximum absolute atomic E-state index is 12.6. The zero-order chi connectivity index (χ0) is 19.5. The summed E-state index contributed by atoms with van der Waals surface area (Å²) in [6, 6.07) is 14.1. The van der Waals surface area contributed by atoms with Gasteiger partial charge in [0, 0.05) is 17.8 Å². The van der Waals surface area contributed by atoms with Gasteiger partial charge in [0.1, 0.15) is 5.75 Å². The molecule has 0 radical (unpaired) electrons. The molecule has 2 rings (SSSR count). The largest absolute Gasteiger partial charge is 0.493 e. The van der Waals surface area contributed by atoms with Gasteiger partial charge in [-0.05, 0) is 49.7 Å². The SMILES string of the molecule is CCCCCCOc1ccccc1C(=O)Nc1ccc(C(=O)NCC)cc1. The lowest BCUT2D eigenvalue weighted by Gasteiger charge is -2.12. The Morgan fingerprint density at radius 3 is 2.33 bits per heavy atom. The summed E-state index contributed by atoms with van der Waals surface area (Å²) in [6.45, 7) is 5.22. The number of hydrogen-bond donors (Lipinski definition) is 2. The summed E-state index contributed by atoms with van der Waals surface area (Å²) in [5, 5.41) is 5.60. The van der Waals surface area contributed by atoms with Crippen molar-refractivity contribution in [3.8, 4) is 5.75 Å². The minimum Gasteiger partial charge on any atom is -0.493 e. The van der Waals surface area contributed by atoms with Crippen molar-refractivity contribution < 1.29 is 14.3 Å². The molecule has 2 aromatic carbocycles. The maximum Gasteiger partial charge on any atom is 0.259 e. The summed E-state index contributed by atoms with van der Waals surface area (Å²) in [5.74, 6) is 0.229. The summed E-state index contributed by atoms with van der Waals surface area (Å²) in [4.78, 5) is 24.4. The third-order valence-corrected chi connectivity index (χ3v) is 4.13. The average Bonchev–Trinajstić information content (AvgIpc) is 2.69. The number of amides is 2. The van der Waals surface area contributed by atoms with E-state index in [0.717, 1.165) is 12.8 Å².